The maximum Gasteiger partial charge on any atom is 0.416 e. The van der Waals surface area contributed by atoms with Gasteiger partial charge in [0.1, 0.15) is 11.6 Å². The number of nitrogens with two attached hydrogens (primary N) is 2. The Labute approximate surface area is 169 Å². The van der Waals surface area contributed by atoms with Crippen LogP contribution in [0, 0.1) is 18.8 Å². The van der Waals surface area contributed by atoms with Crippen LogP contribution in [-0.2, 0) is 6.18 Å². The average molecular weight is 413 g/mol. The predicted molar refractivity (Wildman–Crippen MR) is 106 cm³/mol. The minimum atomic E-state index is -4.64. The monoisotopic (exact) mass is 413 g/mol. The molecule has 0 unspecified atom stereocenters. The Morgan fingerprint density at radius 1 is 1.07 bits per heavy atom. The summed E-state index contributed by atoms with van der Waals surface area (Å²) in [7, 11) is 0. The van der Waals surface area contributed by atoms with Crippen LogP contribution in [0.2, 0.25) is 0 Å². The molecule has 3 aromatic rings. The van der Waals surface area contributed by atoms with Gasteiger partial charge in [0.2, 0.25) is 5.95 Å². The summed E-state index contributed by atoms with van der Waals surface area (Å²) in [5.74, 6) is 4.85. The fraction of sp³-hybridized carbons (Fsp3) is 0.0952. The Bertz CT molecular complexity index is 1190. The van der Waals surface area contributed by atoms with Gasteiger partial charge in [-0.15, -0.1) is 0 Å². The molecule has 5 nitrogen and oxygen atoms in total. The number of hydrogen-bond acceptors (Lipinski definition) is 5. The molecule has 9 heteroatoms. The first-order chi connectivity index (χ1) is 14.1. The van der Waals surface area contributed by atoms with E-state index in [1.165, 1.54) is 6.20 Å². The highest BCUT2D eigenvalue weighted by molar-refractivity contribution is 5.81. The van der Waals surface area contributed by atoms with E-state index in [9.17, 15) is 17.6 Å². The van der Waals surface area contributed by atoms with Gasteiger partial charge in [0.05, 0.1) is 22.5 Å². The molecule has 0 saturated heterocycles. The van der Waals surface area contributed by atoms with Crippen molar-refractivity contribution in [3.63, 3.8) is 0 Å². The third-order valence-electron chi connectivity index (χ3n) is 4.12. The summed E-state index contributed by atoms with van der Waals surface area (Å²) in [5, 5.41) is 0. The number of aromatic nitrogens is 3. The minimum absolute atomic E-state index is 0.0317. The van der Waals surface area contributed by atoms with Gasteiger partial charge in [0.25, 0.3) is 0 Å². The lowest BCUT2D eigenvalue weighted by Crippen LogP contribution is -2.08. The van der Waals surface area contributed by atoms with Crippen LogP contribution in [0.3, 0.4) is 0 Å². The van der Waals surface area contributed by atoms with E-state index in [0.717, 1.165) is 18.2 Å². The van der Waals surface area contributed by atoms with Crippen LogP contribution in [0.4, 0.5) is 29.3 Å². The van der Waals surface area contributed by atoms with Crippen LogP contribution < -0.4 is 11.5 Å². The van der Waals surface area contributed by atoms with Gasteiger partial charge < -0.3 is 11.5 Å². The van der Waals surface area contributed by atoms with E-state index in [-0.39, 0.29) is 28.3 Å². The number of nitrogen functional groups attached to an aromatic ring is 2. The Kier molecular flexibility index (Phi) is 5.43. The van der Waals surface area contributed by atoms with Crippen LogP contribution in [0.25, 0.3) is 17.1 Å². The van der Waals surface area contributed by atoms with Crippen LogP contribution in [-0.4, -0.2) is 15.0 Å². The summed E-state index contributed by atoms with van der Waals surface area (Å²) in [4.78, 5) is 12.0. The summed E-state index contributed by atoms with van der Waals surface area (Å²) in [6.07, 6.45) is -3.20. The second-order valence-corrected chi connectivity index (χ2v) is 6.28. The summed E-state index contributed by atoms with van der Waals surface area (Å²) in [5.41, 5.74) is 11.0. The number of alkyl halides is 3. The van der Waals surface area contributed by atoms with Crippen LogP contribution in [0.5, 0.6) is 0 Å². The molecular weight excluding hydrogens is 398 g/mol. The Morgan fingerprint density at radius 2 is 1.80 bits per heavy atom. The first-order valence-corrected chi connectivity index (χ1v) is 8.50. The zero-order valence-corrected chi connectivity index (χ0v) is 15.7. The highest BCUT2D eigenvalue weighted by Gasteiger charge is 2.32. The van der Waals surface area contributed by atoms with Gasteiger partial charge in [0.15, 0.2) is 0 Å². The lowest BCUT2D eigenvalue weighted by atomic mass is 9.96. The third-order valence-corrected chi connectivity index (χ3v) is 4.12. The SMILES string of the molecule is C=C(F)c1ccc(C(F)(F)F)cc1-c1nc(N)nc(C)c1C#Cc1ccc(N)nc1. The van der Waals surface area contributed by atoms with Gasteiger partial charge in [-0.05, 0) is 31.2 Å². The molecule has 0 atom stereocenters. The van der Waals surface area contributed by atoms with E-state index < -0.39 is 17.6 Å². The molecule has 2 heterocycles. The molecular formula is C21H15F4N5. The highest BCUT2D eigenvalue weighted by Crippen LogP contribution is 2.37. The molecule has 0 aliphatic rings. The second kappa shape index (κ2) is 7.83. The molecule has 4 N–H and O–H groups in total. The van der Waals surface area contributed by atoms with Crippen LogP contribution in [0.15, 0.2) is 43.1 Å². The maximum atomic E-state index is 14.0. The molecule has 0 bridgehead atoms. The van der Waals surface area contributed by atoms with Crippen LogP contribution in [0.1, 0.15) is 27.9 Å². The number of halogens is 4. The normalized spacial score (nSPS) is 11.0. The first-order valence-electron chi connectivity index (χ1n) is 8.50. The third kappa shape index (κ3) is 4.38. The van der Waals surface area contributed by atoms with Gasteiger partial charge in [-0.3, -0.25) is 0 Å². The molecule has 0 saturated carbocycles. The zero-order chi connectivity index (χ0) is 22.1. The fourth-order valence-electron chi connectivity index (χ4n) is 2.71. The van der Waals surface area contributed by atoms with E-state index in [0.29, 0.717) is 17.1 Å². The number of hydrogen-bond donors (Lipinski definition) is 2. The Morgan fingerprint density at radius 3 is 2.40 bits per heavy atom. The first kappa shape index (κ1) is 20.8. The van der Waals surface area contributed by atoms with E-state index in [1.807, 2.05) is 0 Å². The molecule has 0 radical (unpaired) electrons. The van der Waals surface area contributed by atoms with Crippen LogP contribution >= 0.6 is 0 Å². The fourth-order valence-corrected chi connectivity index (χ4v) is 2.71. The largest absolute Gasteiger partial charge is 0.416 e. The number of rotatable bonds is 2. The van der Waals surface area contributed by atoms with Gasteiger partial charge in [-0.1, -0.05) is 24.5 Å². The number of anilines is 2. The lowest BCUT2D eigenvalue weighted by Gasteiger charge is -2.14. The van der Waals surface area contributed by atoms with Crippen molar-refractivity contribution in [2.45, 2.75) is 13.1 Å². The van der Waals surface area contributed by atoms with Crippen molar-refractivity contribution >= 4 is 17.6 Å². The molecule has 3 rings (SSSR count). The van der Waals surface area contributed by atoms with Crippen molar-refractivity contribution in [3.05, 3.63) is 71.1 Å². The van der Waals surface area contributed by atoms with Gasteiger partial charge in [0, 0.05) is 22.9 Å². The van der Waals surface area contributed by atoms with E-state index in [4.69, 9.17) is 11.5 Å². The molecule has 152 valence electrons. The minimum Gasteiger partial charge on any atom is -0.384 e. The number of benzene rings is 1. The summed E-state index contributed by atoms with van der Waals surface area (Å²) in [6.45, 7) is 4.77. The van der Waals surface area contributed by atoms with Gasteiger partial charge >= 0.3 is 6.18 Å². The lowest BCUT2D eigenvalue weighted by molar-refractivity contribution is -0.137. The summed E-state index contributed by atoms with van der Waals surface area (Å²) < 4.78 is 53.8. The maximum absolute atomic E-state index is 14.0. The second-order valence-electron chi connectivity index (χ2n) is 6.28. The number of aryl methyl sites for hydroxylation is 1. The van der Waals surface area contributed by atoms with Crippen molar-refractivity contribution in [2.75, 3.05) is 11.5 Å². The number of nitrogens with zero attached hydrogens (tertiary/aromatic N) is 3. The smallest absolute Gasteiger partial charge is 0.384 e. The molecule has 0 aliphatic heterocycles. The number of pyridine rings is 1. The average Bonchev–Trinajstić information content (AvgIpc) is 2.67. The standard InChI is InChI=1S/C21H15F4N5/c1-11(22)15-7-5-14(21(23,24)25)9-17(15)19-16(12(2)29-20(27)30-19)6-3-13-4-8-18(26)28-10-13/h4-5,7-10H,1H2,2H3,(H2,26,28)(H2,27,29,30). The van der Waals surface area contributed by atoms with E-state index in [1.54, 1.807) is 19.1 Å². The van der Waals surface area contributed by atoms with Gasteiger partial charge in [-0.25, -0.2) is 19.3 Å². The quantitative estimate of drug-likeness (QED) is 0.481. The van der Waals surface area contributed by atoms with E-state index >= 15 is 0 Å². The zero-order valence-electron chi connectivity index (χ0n) is 15.7. The molecule has 0 amide bonds. The Hall–Kier alpha value is -3.93. The molecule has 0 fully saturated rings. The molecule has 1 aromatic carbocycles. The van der Waals surface area contributed by atoms with Crippen molar-refractivity contribution in [3.8, 4) is 23.1 Å². The van der Waals surface area contributed by atoms with Gasteiger partial charge in [-0.2, -0.15) is 13.2 Å². The van der Waals surface area contributed by atoms with Crippen molar-refractivity contribution in [1.29, 1.82) is 0 Å². The van der Waals surface area contributed by atoms with Crippen molar-refractivity contribution < 1.29 is 17.6 Å². The van der Waals surface area contributed by atoms with E-state index in [2.05, 4.69) is 33.4 Å². The van der Waals surface area contributed by atoms with Crippen molar-refractivity contribution in [2.24, 2.45) is 0 Å². The molecule has 30 heavy (non-hydrogen) atoms. The Balaban J connectivity index is 2.27. The molecule has 0 aliphatic carbocycles. The molecule has 0 spiro atoms. The summed E-state index contributed by atoms with van der Waals surface area (Å²) >= 11 is 0. The van der Waals surface area contributed by atoms with Crippen molar-refractivity contribution in [1.82, 2.24) is 15.0 Å². The highest BCUT2D eigenvalue weighted by atomic mass is 19.4. The molecule has 2 aromatic heterocycles. The summed E-state index contributed by atoms with van der Waals surface area (Å²) in [6, 6.07) is 5.73. The topological polar surface area (TPSA) is 90.7 Å². The predicted octanol–water partition coefficient (Wildman–Crippen LogP) is 4.37.